The first-order valence-electron chi connectivity index (χ1n) is 8.80. The first-order valence-corrected chi connectivity index (χ1v) is 9.17. The molecular formula is C22H12ClNO6. The highest BCUT2D eigenvalue weighted by Gasteiger charge is 2.38. The summed E-state index contributed by atoms with van der Waals surface area (Å²) in [5.74, 6) is -2.16. The lowest BCUT2D eigenvalue weighted by molar-refractivity contribution is -0.385. The maximum absolute atomic E-state index is 12.9. The number of ketones is 2. The summed E-state index contributed by atoms with van der Waals surface area (Å²) in [6.45, 7) is -0.139. The number of halogens is 1. The molecule has 0 unspecified atom stereocenters. The number of hydrogen-bond donors (Lipinski definition) is 0. The van der Waals surface area contributed by atoms with Gasteiger partial charge in [-0.2, -0.15) is 0 Å². The van der Waals surface area contributed by atoms with E-state index in [2.05, 4.69) is 0 Å². The molecule has 1 aliphatic carbocycles. The molecule has 7 nitrogen and oxygen atoms in total. The highest BCUT2D eigenvalue weighted by atomic mass is 35.5. The minimum atomic E-state index is -0.974. The van der Waals surface area contributed by atoms with Crippen molar-refractivity contribution in [2.45, 2.75) is 6.61 Å². The molecule has 0 amide bonds. The minimum Gasteiger partial charge on any atom is -0.457 e. The topological polar surface area (TPSA) is 104 Å². The summed E-state index contributed by atoms with van der Waals surface area (Å²) in [6.07, 6.45) is 0. The Labute approximate surface area is 175 Å². The number of benzene rings is 3. The zero-order chi connectivity index (χ0) is 21.4. The maximum atomic E-state index is 12.9. The highest BCUT2D eigenvalue weighted by molar-refractivity contribution is 6.31. The van der Waals surface area contributed by atoms with E-state index in [0.29, 0.717) is 10.6 Å². The largest absolute Gasteiger partial charge is 0.457 e. The van der Waals surface area contributed by atoms with Crippen LogP contribution in [0.25, 0.3) is 0 Å². The van der Waals surface area contributed by atoms with Gasteiger partial charge >= 0.3 is 5.97 Å². The molecular weight excluding hydrogens is 410 g/mol. The van der Waals surface area contributed by atoms with Crippen molar-refractivity contribution in [2.24, 2.45) is 0 Å². The number of fused-ring (bicyclic) bond motifs is 2. The third-order valence-electron chi connectivity index (χ3n) is 4.75. The van der Waals surface area contributed by atoms with Crippen LogP contribution < -0.4 is 0 Å². The second-order valence-corrected chi connectivity index (χ2v) is 6.98. The average molecular weight is 422 g/mol. The van der Waals surface area contributed by atoms with Crippen molar-refractivity contribution in [1.82, 2.24) is 0 Å². The molecule has 3 aromatic rings. The summed E-state index contributed by atoms with van der Waals surface area (Å²) < 4.78 is 5.18. The van der Waals surface area contributed by atoms with Gasteiger partial charge in [-0.25, -0.2) is 4.79 Å². The molecule has 148 valence electrons. The summed E-state index contributed by atoms with van der Waals surface area (Å²) in [5.41, 5.74) is -0.778. The molecule has 0 atom stereocenters. The van der Waals surface area contributed by atoms with Crippen LogP contribution >= 0.6 is 11.6 Å². The van der Waals surface area contributed by atoms with E-state index in [-0.39, 0.29) is 23.3 Å². The zero-order valence-electron chi connectivity index (χ0n) is 15.3. The Bertz CT molecular complexity index is 1230. The molecule has 8 heteroatoms. The average Bonchev–Trinajstić information content (AvgIpc) is 2.75. The van der Waals surface area contributed by atoms with Gasteiger partial charge in [-0.05, 0) is 29.8 Å². The summed E-state index contributed by atoms with van der Waals surface area (Å²) in [4.78, 5) is 49.2. The van der Waals surface area contributed by atoms with E-state index in [1.165, 1.54) is 18.2 Å². The summed E-state index contributed by atoms with van der Waals surface area (Å²) in [6, 6.07) is 15.0. The monoisotopic (exact) mass is 421 g/mol. The van der Waals surface area contributed by atoms with E-state index in [0.717, 1.165) is 6.07 Å². The van der Waals surface area contributed by atoms with Gasteiger partial charge in [0.25, 0.3) is 5.69 Å². The van der Waals surface area contributed by atoms with Crippen LogP contribution in [0, 0.1) is 10.1 Å². The third-order valence-corrected chi connectivity index (χ3v) is 5.00. The molecule has 0 saturated heterocycles. The Kier molecular flexibility index (Phi) is 4.89. The first kappa shape index (κ1) is 19.5. The summed E-state index contributed by atoms with van der Waals surface area (Å²) in [7, 11) is 0. The molecule has 0 heterocycles. The van der Waals surface area contributed by atoms with Crippen molar-refractivity contribution in [3.63, 3.8) is 0 Å². The second-order valence-electron chi connectivity index (χ2n) is 6.55. The van der Waals surface area contributed by atoms with Gasteiger partial charge in [0, 0.05) is 21.7 Å². The number of rotatable bonds is 4. The highest BCUT2D eigenvalue weighted by Crippen LogP contribution is 2.35. The molecule has 0 fully saturated rings. The smallest absolute Gasteiger partial charge is 0.345 e. The number of carbonyl (C=O) groups is 3. The van der Waals surface area contributed by atoms with E-state index in [9.17, 15) is 24.5 Å². The Morgan fingerprint density at radius 3 is 2.17 bits per heavy atom. The van der Waals surface area contributed by atoms with Gasteiger partial charge in [-0.3, -0.25) is 19.7 Å². The lowest BCUT2D eigenvalue weighted by Gasteiger charge is -2.18. The molecule has 0 aliphatic heterocycles. The zero-order valence-corrected chi connectivity index (χ0v) is 16.0. The second kappa shape index (κ2) is 7.53. The summed E-state index contributed by atoms with van der Waals surface area (Å²) >= 11 is 5.81. The molecule has 4 rings (SSSR count). The number of nitro benzene ring substituents is 1. The van der Waals surface area contributed by atoms with Gasteiger partial charge in [-0.15, -0.1) is 0 Å². The van der Waals surface area contributed by atoms with Crippen LogP contribution in [0.4, 0.5) is 5.69 Å². The Hall–Kier alpha value is -3.84. The normalized spacial score (nSPS) is 12.2. The van der Waals surface area contributed by atoms with E-state index in [1.54, 1.807) is 36.4 Å². The first-order chi connectivity index (χ1) is 14.4. The number of hydrogen-bond acceptors (Lipinski definition) is 6. The van der Waals surface area contributed by atoms with Gasteiger partial charge < -0.3 is 4.74 Å². The van der Waals surface area contributed by atoms with Crippen LogP contribution in [0.1, 0.15) is 47.8 Å². The van der Waals surface area contributed by atoms with E-state index in [4.69, 9.17) is 16.3 Å². The third kappa shape index (κ3) is 3.25. The molecule has 1 aliphatic rings. The fraction of sp³-hybridized carbons (Fsp3) is 0.0455. The standard InChI is InChI=1S/C22H12ClNO6/c23-13-7-5-12(6-8-13)11-30-22(27)17-10-9-16-18(19(17)24(28)29)21(26)15-4-2-1-3-14(15)20(16)25/h1-10H,11H2. The Morgan fingerprint density at radius 2 is 1.53 bits per heavy atom. The molecule has 0 saturated carbocycles. The lowest BCUT2D eigenvalue weighted by Crippen LogP contribution is -2.23. The molecule has 0 aromatic heterocycles. The molecule has 0 N–H and O–H groups in total. The number of nitro groups is 1. The number of nitrogens with zero attached hydrogens (tertiary/aromatic N) is 1. The Morgan fingerprint density at radius 1 is 0.900 bits per heavy atom. The van der Waals surface area contributed by atoms with Crippen LogP contribution in [0.15, 0.2) is 60.7 Å². The predicted octanol–water partition coefficient (Wildman–Crippen LogP) is 4.38. The molecule has 0 radical (unpaired) electrons. The van der Waals surface area contributed by atoms with Gasteiger partial charge in [-0.1, -0.05) is 48.0 Å². The number of esters is 1. The quantitative estimate of drug-likeness (QED) is 0.275. The van der Waals surface area contributed by atoms with Crippen molar-refractivity contribution < 1.29 is 24.0 Å². The fourth-order valence-electron chi connectivity index (χ4n) is 3.33. The van der Waals surface area contributed by atoms with Crippen LogP contribution in [-0.2, 0) is 11.3 Å². The van der Waals surface area contributed by atoms with Crippen molar-refractivity contribution in [3.8, 4) is 0 Å². The lowest BCUT2D eigenvalue weighted by atomic mass is 9.82. The maximum Gasteiger partial charge on any atom is 0.345 e. The molecule has 0 spiro atoms. The van der Waals surface area contributed by atoms with Gasteiger partial charge in [0.05, 0.1) is 4.92 Å². The van der Waals surface area contributed by atoms with Crippen LogP contribution in [-0.4, -0.2) is 22.5 Å². The molecule has 0 bridgehead atoms. The number of carbonyl (C=O) groups excluding carboxylic acids is 3. The number of ether oxygens (including phenoxy) is 1. The van der Waals surface area contributed by atoms with Crippen LogP contribution in [0.2, 0.25) is 5.02 Å². The molecule has 30 heavy (non-hydrogen) atoms. The van der Waals surface area contributed by atoms with E-state index >= 15 is 0 Å². The Balaban J connectivity index is 1.74. The molecule has 3 aromatic carbocycles. The van der Waals surface area contributed by atoms with Gasteiger partial charge in [0.15, 0.2) is 5.78 Å². The van der Waals surface area contributed by atoms with E-state index in [1.807, 2.05) is 0 Å². The predicted molar refractivity (Wildman–Crippen MR) is 107 cm³/mol. The summed E-state index contributed by atoms with van der Waals surface area (Å²) in [5, 5.41) is 12.3. The van der Waals surface area contributed by atoms with Gasteiger partial charge in [0.1, 0.15) is 17.7 Å². The minimum absolute atomic E-state index is 0.0600. The van der Waals surface area contributed by atoms with Crippen LogP contribution in [0.3, 0.4) is 0 Å². The fourth-order valence-corrected chi connectivity index (χ4v) is 3.46. The van der Waals surface area contributed by atoms with Crippen molar-refractivity contribution >= 4 is 34.8 Å². The SMILES string of the molecule is O=C1c2ccccc2C(=O)c2c1ccc(C(=O)OCc1ccc(Cl)cc1)c2[N+](=O)[O-]. The van der Waals surface area contributed by atoms with Crippen LogP contribution in [0.5, 0.6) is 0 Å². The van der Waals surface area contributed by atoms with Crippen molar-refractivity contribution in [2.75, 3.05) is 0 Å². The van der Waals surface area contributed by atoms with Crippen molar-refractivity contribution in [3.05, 3.63) is 109 Å². The van der Waals surface area contributed by atoms with E-state index < -0.39 is 39.3 Å². The van der Waals surface area contributed by atoms with Crippen molar-refractivity contribution in [1.29, 1.82) is 0 Å². The van der Waals surface area contributed by atoms with Gasteiger partial charge in [0.2, 0.25) is 5.78 Å².